The van der Waals surface area contributed by atoms with Crippen LogP contribution >= 0.6 is 27.3 Å². The molecule has 0 fully saturated rings. The van der Waals surface area contributed by atoms with Gasteiger partial charge in [0, 0.05) is 26.2 Å². The molecule has 1 aromatic heterocycles. The molecule has 0 unspecified atom stereocenters. The van der Waals surface area contributed by atoms with Crippen LogP contribution in [0.2, 0.25) is 0 Å². The fraction of sp³-hybridized carbons (Fsp3) is 0.600. The van der Waals surface area contributed by atoms with E-state index in [4.69, 9.17) is 4.74 Å². The van der Waals surface area contributed by atoms with Crippen molar-refractivity contribution in [1.82, 2.24) is 5.32 Å². The maximum absolute atomic E-state index is 5.46. The van der Waals surface area contributed by atoms with Crippen molar-refractivity contribution >= 4 is 27.3 Å². The number of hydrogen-bond acceptors (Lipinski definition) is 3. The molecule has 14 heavy (non-hydrogen) atoms. The molecule has 0 spiro atoms. The second kappa shape index (κ2) is 4.75. The normalized spacial score (nSPS) is 15.6. The van der Waals surface area contributed by atoms with Crippen LogP contribution in [0.1, 0.15) is 15.3 Å². The summed E-state index contributed by atoms with van der Waals surface area (Å²) in [6.45, 7) is 2.70. The predicted molar refractivity (Wildman–Crippen MR) is 63.0 cm³/mol. The Morgan fingerprint density at radius 3 is 3.14 bits per heavy atom. The second-order valence-corrected chi connectivity index (χ2v) is 5.38. The Balaban J connectivity index is 2.20. The number of halogens is 1. The van der Waals surface area contributed by atoms with Crippen LogP contribution in [0.3, 0.4) is 0 Å². The van der Waals surface area contributed by atoms with Crippen LogP contribution in [0.4, 0.5) is 0 Å². The van der Waals surface area contributed by atoms with Gasteiger partial charge in [-0.05, 0) is 35.9 Å². The highest BCUT2D eigenvalue weighted by atomic mass is 79.9. The average molecular weight is 276 g/mol. The number of fused-ring (bicyclic) bond motifs is 1. The highest BCUT2D eigenvalue weighted by Gasteiger charge is 2.18. The Morgan fingerprint density at radius 2 is 2.43 bits per heavy atom. The zero-order valence-corrected chi connectivity index (χ0v) is 10.6. The molecule has 0 atom stereocenters. The smallest absolute Gasteiger partial charge is 0.0739 e. The SMILES string of the molecule is CNCCc1sc2c(c1Br)COCC2. The average Bonchev–Trinajstić information content (AvgIpc) is 2.54. The lowest BCUT2D eigenvalue weighted by Crippen LogP contribution is -2.09. The molecular weight excluding hydrogens is 262 g/mol. The van der Waals surface area contributed by atoms with Gasteiger partial charge < -0.3 is 10.1 Å². The first-order valence-corrected chi connectivity index (χ1v) is 6.45. The molecule has 0 saturated carbocycles. The first-order chi connectivity index (χ1) is 6.83. The van der Waals surface area contributed by atoms with Gasteiger partial charge in [0.25, 0.3) is 0 Å². The van der Waals surface area contributed by atoms with E-state index in [-0.39, 0.29) is 0 Å². The monoisotopic (exact) mass is 275 g/mol. The molecule has 2 heterocycles. The Labute approximate surface area is 96.8 Å². The van der Waals surface area contributed by atoms with Crippen LogP contribution in [0.5, 0.6) is 0 Å². The van der Waals surface area contributed by atoms with Crippen molar-refractivity contribution < 1.29 is 4.74 Å². The molecule has 2 nitrogen and oxygen atoms in total. The van der Waals surface area contributed by atoms with Crippen molar-refractivity contribution in [1.29, 1.82) is 0 Å². The molecule has 2 rings (SSSR count). The van der Waals surface area contributed by atoms with E-state index in [1.807, 2.05) is 18.4 Å². The Kier molecular flexibility index (Phi) is 3.60. The van der Waals surface area contributed by atoms with E-state index in [1.165, 1.54) is 19.8 Å². The van der Waals surface area contributed by atoms with Crippen LogP contribution in [0, 0.1) is 0 Å². The van der Waals surface area contributed by atoms with Crippen LogP contribution in [0.15, 0.2) is 4.47 Å². The zero-order chi connectivity index (χ0) is 9.97. The molecule has 1 aromatic rings. The van der Waals surface area contributed by atoms with E-state index < -0.39 is 0 Å². The van der Waals surface area contributed by atoms with Crippen LogP contribution in [-0.4, -0.2) is 20.2 Å². The van der Waals surface area contributed by atoms with E-state index >= 15 is 0 Å². The summed E-state index contributed by atoms with van der Waals surface area (Å²) in [5, 5.41) is 3.18. The van der Waals surface area contributed by atoms with Gasteiger partial charge in [0.2, 0.25) is 0 Å². The summed E-state index contributed by atoms with van der Waals surface area (Å²) in [6.07, 6.45) is 2.19. The second-order valence-electron chi connectivity index (χ2n) is 3.40. The zero-order valence-electron chi connectivity index (χ0n) is 8.23. The molecule has 1 aliphatic rings. The number of likely N-dealkylation sites (N-methyl/N-ethyl adjacent to an activating group) is 1. The van der Waals surface area contributed by atoms with E-state index in [1.54, 1.807) is 0 Å². The summed E-state index contributed by atoms with van der Waals surface area (Å²) in [7, 11) is 1.99. The highest BCUT2D eigenvalue weighted by molar-refractivity contribution is 9.10. The van der Waals surface area contributed by atoms with E-state index in [0.29, 0.717) is 0 Å². The van der Waals surface area contributed by atoms with Gasteiger partial charge in [-0.25, -0.2) is 0 Å². The molecule has 0 aliphatic carbocycles. The van der Waals surface area contributed by atoms with Crippen LogP contribution in [0.25, 0.3) is 0 Å². The number of nitrogens with one attached hydrogen (secondary N) is 1. The molecule has 78 valence electrons. The van der Waals surface area contributed by atoms with Gasteiger partial charge in [0.1, 0.15) is 0 Å². The lowest BCUT2D eigenvalue weighted by molar-refractivity contribution is 0.111. The third kappa shape index (κ3) is 2.03. The molecule has 0 bridgehead atoms. The minimum Gasteiger partial charge on any atom is -0.376 e. The van der Waals surface area contributed by atoms with Crippen LogP contribution in [-0.2, 0) is 24.2 Å². The largest absolute Gasteiger partial charge is 0.376 e. The minimum atomic E-state index is 0.784. The number of thiophene rings is 1. The van der Waals surface area contributed by atoms with Crippen molar-refractivity contribution in [3.8, 4) is 0 Å². The van der Waals surface area contributed by atoms with Crippen molar-refractivity contribution in [2.24, 2.45) is 0 Å². The van der Waals surface area contributed by atoms with Crippen LogP contribution < -0.4 is 5.32 Å². The van der Waals surface area contributed by atoms with Gasteiger partial charge in [-0.15, -0.1) is 11.3 Å². The summed E-state index contributed by atoms with van der Waals surface area (Å²) >= 11 is 5.60. The minimum absolute atomic E-state index is 0.784. The Hall–Kier alpha value is 0.1000. The molecule has 4 heteroatoms. The summed E-state index contributed by atoms with van der Waals surface area (Å²) in [4.78, 5) is 2.96. The molecule has 0 saturated heterocycles. The van der Waals surface area contributed by atoms with Gasteiger partial charge in [-0.1, -0.05) is 0 Å². The lowest BCUT2D eigenvalue weighted by atomic mass is 10.2. The predicted octanol–water partition coefficient (Wildman–Crippen LogP) is 2.35. The van der Waals surface area contributed by atoms with E-state index in [2.05, 4.69) is 21.2 Å². The quantitative estimate of drug-likeness (QED) is 0.915. The van der Waals surface area contributed by atoms with Gasteiger partial charge in [-0.2, -0.15) is 0 Å². The molecule has 0 radical (unpaired) electrons. The first-order valence-electron chi connectivity index (χ1n) is 4.84. The van der Waals surface area contributed by atoms with Gasteiger partial charge >= 0.3 is 0 Å². The third-order valence-corrected chi connectivity index (χ3v) is 4.99. The summed E-state index contributed by atoms with van der Waals surface area (Å²) in [5.41, 5.74) is 1.38. The van der Waals surface area contributed by atoms with Gasteiger partial charge in [0.15, 0.2) is 0 Å². The van der Waals surface area contributed by atoms with Crippen molar-refractivity contribution in [3.63, 3.8) is 0 Å². The fourth-order valence-electron chi connectivity index (χ4n) is 1.63. The molecular formula is C10H14BrNOS. The third-order valence-electron chi connectivity index (χ3n) is 2.41. The summed E-state index contributed by atoms with van der Waals surface area (Å²) < 4.78 is 6.74. The maximum atomic E-state index is 5.46. The molecule has 1 N–H and O–H groups in total. The lowest BCUT2D eigenvalue weighted by Gasteiger charge is -2.11. The number of rotatable bonds is 3. The summed E-state index contributed by atoms with van der Waals surface area (Å²) in [6, 6.07) is 0. The van der Waals surface area contributed by atoms with Gasteiger partial charge in [0.05, 0.1) is 13.2 Å². The Bertz CT molecular complexity index is 324. The van der Waals surface area contributed by atoms with Crippen molar-refractivity contribution in [2.45, 2.75) is 19.4 Å². The Morgan fingerprint density at radius 1 is 1.57 bits per heavy atom. The first kappa shape index (κ1) is 10.6. The van der Waals surface area contributed by atoms with E-state index in [0.717, 1.165) is 32.6 Å². The number of hydrogen-bond donors (Lipinski definition) is 1. The van der Waals surface area contributed by atoms with Gasteiger partial charge in [-0.3, -0.25) is 0 Å². The maximum Gasteiger partial charge on any atom is 0.0739 e. The summed E-state index contributed by atoms with van der Waals surface area (Å²) in [5.74, 6) is 0. The fourth-order valence-corrected chi connectivity index (χ4v) is 3.74. The molecule has 1 aliphatic heterocycles. The topological polar surface area (TPSA) is 21.3 Å². The molecule has 0 amide bonds. The van der Waals surface area contributed by atoms with Crippen molar-refractivity contribution in [2.75, 3.05) is 20.2 Å². The highest BCUT2D eigenvalue weighted by Crippen LogP contribution is 2.36. The van der Waals surface area contributed by atoms with Crippen molar-refractivity contribution in [3.05, 3.63) is 19.8 Å². The van der Waals surface area contributed by atoms with E-state index in [9.17, 15) is 0 Å². The number of ether oxygens (including phenoxy) is 1. The molecule has 0 aromatic carbocycles. The standard InChI is InChI=1S/C10H14BrNOS/c1-12-4-2-9-10(11)7-6-13-5-3-8(7)14-9/h12H,2-6H2,1H3.